The lowest BCUT2D eigenvalue weighted by atomic mass is 10.2. The van der Waals surface area contributed by atoms with Gasteiger partial charge in [-0.05, 0) is 15.9 Å². The predicted octanol–water partition coefficient (Wildman–Crippen LogP) is -1.12. The maximum Gasteiger partial charge on any atom is 0.390 e. The monoisotopic (exact) mass is 345 g/mol. The summed E-state index contributed by atoms with van der Waals surface area (Å²) in [5, 5.41) is 1.07. The Morgan fingerprint density at radius 3 is 2.39 bits per heavy atom. The molecule has 0 saturated carbocycles. The van der Waals surface area contributed by atoms with Crippen LogP contribution >= 0.6 is 20.7 Å². The number of halogens is 1. The minimum atomic E-state index is 0. The second-order valence-corrected chi connectivity index (χ2v) is 6.14. The van der Waals surface area contributed by atoms with Crippen LogP contribution in [0.5, 0.6) is 0 Å². The lowest BCUT2D eigenvalue weighted by molar-refractivity contribution is -0.00000351. The van der Waals surface area contributed by atoms with E-state index in [4.69, 9.17) is 0 Å². The van der Waals surface area contributed by atoms with Gasteiger partial charge in [-0.15, -0.1) is 0 Å². The van der Waals surface area contributed by atoms with Crippen LogP contribution in [0.15, 0.2) is 30.3 Å². The Morgan fingerprint density at radius 2 is 1.83 bits per heavy atom. The first kappa shape index (κ1) is 15.3. The molecule has 0 fully saturated rings. The first-order valence-electron chi connectivity index (χ1n) is 5.39. The first-order valence-corrected chi connectivity index (χ1v) is 7.54. The van der Waals surface area contributed by atoms with E-state index in [9.17, 15) is 0 Å². The molecule has 0 aliphatic rings. The van der Waals surface area contributed by atoms with Crippen molar-refractivity contribution in [2.45, 2.75) is 6.54 Å². The van der Waals surface area contributed by atoms with Crippen LogP contribution in [-0.2, 0) is 6.54 Å². The standard InChI is InChI=1S/C12H16N3S2.BrH/c1-14(2)11-13-12(17-16-11)15(3)9-10-7-5-4-6-8-10;/h4-8H,9H2,1-3H3;1H/q+1;/p-1. The molecule has 1 heterocycles. The van der Waals surface area contributed by atoms with E-state index in [0.717, 1.165) is 16.5 Å². The number of aromatic nitrogens is 1. The van der Waals surface area contributed by atoms with Crippen LogP contribution in [0.4, 0.5) is 5.13 Å². The quantitative estimate of drug-likeness (QED) is 0.518. The van der Waals surface area contributed by atoms with Crippen LogP contribution in [0.2, 0.25) is 0 Å². The highest BCUT2D eigenvalue weighted by Crippen LogP contribution is 2.19. The highest BCUT2D eigenvalue weighted by Gasteiger charge is 2.13. The summed E-state index contributed by atoms with van der Waals surface area (Å²) in [5.41, 5.74) is 1.31. The van der Waals surface area contributed by atoms with Gasteiger partial charge in [-0.3, -0.25) is 4.58 Å². The topological polar surface area (TPSA) is 19.1 Å². The Hall–Kier alpha value is -0.720. The molecule has 0 N–H and O–H groups in total. The van der Waals surface area contributed by atoms with E-state index in [1.54, 1.807) is 20.7 Å². The number of anilines is 1. The average molecular weight is 346 g/mol. The molecule has 18 heavy (non-hydrogen) atoms. The van der Waals surface area contributed by atoms with Gasteiger partial charge in [0.1, 0.15) is 0 Å². The molecule has 0 aliphatic heterocycles. The van der Waals surface area contributed by atoms with Gasteiger partial charge in [-0.25, -0.2) is 0 Å². The van der Waals surface area contributed by atoms with Gasteiger partial charge in [-0.1, -0.05) is 30.3 Å². The molecule has 0 spiro atoms. The molecule has 0 aliphatic carbocycles. The van der Waals surface area contributed by atoms with Crippen molar-refractivity contribution >= 4 is 25.8 Å². The summed E-state index contributed by atoms with van der Waals surface area (Å²) in [6, 6.07) is 10.5. The zero-order valence-electron chi connectivity index (χ0n) is 10.6. The number of nitrogens with zero attached hydrogens (tertiary/aromatic N) is 3. The second kappa shape index (κ2) is 7.01. The molecule has 2 rings (SSSR count). The Kier molecular flexibility index (Phi) is 5.98. The summed E-state index contributed by atoms with van der Waals surface area (Å²) in [7, 11) is 9.55. The van der Waals surface area contributed by atoms with Crippen LogP contribution in [0, 0.1) is 0 Å². The van der Waals surface area contributed by atoms with Crippen molar-refractivity contribution in [1.29, 1.82) is 0 Å². The molecular formula is C12H16BrN3S2. The molecule has 0 unspecified atom stereocenters. The number of hydrogen-bond donors (Lipinski definition) is 0. The lowest BCUT2D eigenvalue weighted by Gasteiger charge is -2.11. The SMILES string of the molecule is CN(Cc1ccccc1)c1nc(=[N+](C)C)ss1.[Br-]. The van der Waals surface area contributed by atoms with Gasteiger partial charge >= 0.3 is 9.93 Å². The van der Waals surface area contributed by atoms with E-state index in [1.807, 2.05) is 24.7 Å². The van der Waals surface area contributed by atoms with Gasteiger partial charge in [-0.2, -0.15) is 0 Å². The molecule has 3 nitrogen and oxygen atoms in total. The molecule has 0 radical (unpaired) electrons. The Labute approximate surface area is 125 Å². The van der Waals surface area contributed by atoms with Crippen LogP contribution in [0.3, 0.4) is 0 Å². The maximum absolute atomic E-state index is 4.59. The zero-order chi connectivity index (χ0) is 12.3. The van der Waals surface area contributed by atoms with Crippen molar-refractivity contribution in [3.8, 4) is 0 Å². The molecule has 0 bridgehead atoms. The average Bonchev–Trinajstić information content (AvgIpc) is 2.79. The summed E-state index contributed by atoms with van der Waals surface area (Å²) < 4.78 is 2.04. The number of hydrogen-bond acceptors (Lipinski definition) is 4. The third-order valence-electron chi connectivity index (χ3n) is 2.35. The number of rotatable bonds is 3. The summed E-state index contributed by atoms with van der Waals surface area (Å²) in [6.07, 6.45) is 0. The summed E-state index contributed by atoms with van der Waals surface area (Å²) in [6.45, 7) is 0.897. The molecule has 6 heteroatoms. The predicted molar refractivity (Wildman–Crippen MR) is 75.7 cm³/mol. The summed E-state index contributed by atoms with van der Waals surface area (Å²) in [4.78, 5) is 7.84. The fourth-order valence-electron chi connectivity index (χ4n) is 1.44. The van der Waals surface area contributed by atoms with Crippen LogP contribution in [0.25, 0.3) is 0 Å². The van der Waals surface area contributed by atoms with Crippen LogP contribution in [0.1, 0.15) is 5.56 Å². The second-order valence-electron chi connectivity index (χ2n) is 4.08. The molecule has 98 valence electrons. The fourth-order valence-corrected chi connectivity index (χ4v) is 3.74. The van der Waals surface area contributed by atoms with Gasteiger partial charge < -0.3 is 21.9 Å². The molecule has 0 atom stereocenters. The van der Waals surface area contributed by atoms with Crippen molar-refractivity contribution < 1.29 is 17.0 Å². The van der Waals surface area contributed by atoms with E-state index in [0.29, 0.717) is 0 Å². The first-order chi connectivity index (χ1) is 8.16. The molecule has 0 amide bonds. The molecule has 0 saturated heterocycles. The van der Waals surface area contributed by atoms with Gasteiger partial charge in [0, 0.05) is 28.9 Å². The Morgan fingerprint density at radius 1 is 1.17 bits per heavy atom. The van der Waals surface area contributed by atoms with Crippen molar-refractivity contribution in [2.24, 2.45) is 0 Å². The Balaban J connectivity index is 0.00000162. The fraction of sp³-hybridized carbons (Fsp3) is 0.333. The minimum Gasteiger partial charge on any atom is -1.00 e. The highest BCUT2D eigenvalue weighted by molar-refractivity contribution is 7.69. The summed E-state index contributed by atoms with van der Waals surface area (Å²) in [5.74, 6) is 0. The molecule has 1 aromatic heterocycles. The van der Waals surface area contributed by atoms with E-state index < -0.39 is 0 Å². The zero-order valence-corrected chi connectivity index (χ0v) is 13.8. The third kappa shape index (κ3) is 3.90. The smallest absolute Gasteiger partial charge is 0.390 e. The molecular weight excluding hydrogens is 330 g/mol. The van der Waals surface area contributed by atoms with E-state index >= 15 is 0 Å². The Bertz CT molecular complexity index is 544. The lowest BCUT2D eigenvalue weighted by Crippen LogP contribution is -3.00. The van der Waals surface area contributed by atoms with Crippen LogP contribution in [-0.4, -0.2) is 26.1 Å². The van der Waals surface area contributed by atoms with Crippen molar-refractivity contribution in [1.82, 2.24) is 9.56 Å². The number of benzene rings is 1. The van der Waals surface area contributed by atoms with Crippen molar-refractivity contribution in [2.75, 3.05) is 26.0 Å². The van der Waals surface area contributed by atoms with Crippen molar-refractivity contribution in [3.05, 3.63) is 40.7 Å². The highest BCUT2D eigenvalue weighted by atomic mass is 79.9. The van der Waals surface area contributed by atoms with Gasteiger partial charge in [0.2, 0.25) is 0 Å². The minimum absolute atomic E-state index is 0. The van der Waals surface area contributed by atoms with Gasteiger partial charge in [0.15, 0.2) is 0 Å². The molecule has 1 aromatic carbocycles. The molecule has 2 aromatic rings. The third-order valence-corrected chi connectivity index (χ3v) is 4.74. The van der Waals surface area contributed by atoms with Gasteiger partial charge in [0.05, 0.1) is 14.1 Å². The van der Waals surface area contributed by atoms with Crippen molar-refractivity contribution in [3.63, 3.8) is 0 Å². The summed E-state index contributed by atoms with van der Waals surface area (Å²) >= 11 is 0. The van der Waals surface area contributed by atoms with E-state index in [2.05, 4.69) is 41.2 Å². The van der Waals surface area contributed by atoms with E-state index in [-0.39, 0.29) is 17.0 Å². The van der Waals surface area contributed by atoms with Crippen LogP contribution < -0.4 is 31.3 Å². The largest absolute Gasteiger partial charge is 1.00 e. The maximum atomic E-state index is 4.59. The van der Waals surface area contributed by atoms with E-state index in [1.165, 1.54) is 5.56 Å². The normalized spacial score (nSPS) is 9.72. The van der Waals surface area contributed by atoms with Gasteiger partial charge in [0.25, 0.3) is 0 Å².